The summed E-state index contributed by atoms with van der Waals surface area (Å²) in [6.45, 7) is 2.22. The fraction of sp³-hybridized carbons (Fsp3) is 0.500. The standard InChI is InChI=1S/C8H12N2Se/c1-2-3-6-11-8-7-9-4-5-10-8/h4-5,7H,2-3,6H2,1H3. The van der Waals surface area contributed by atoms with E-state index in [4.69, 9.17) is 0 Å². The Morgan fingerprint density at radius 3 is 3.00 bits per heavy atom. The molecule has 0 fully saturated rings. The molecule has 0 N–H and O–H groups in total. The van der Waals surface area contributed by atoms with Crippen LogP contribution in [0.3, 0.4) is 0 Å². The molecule has 0 amide bonds. The van der Waals surface area contributed by atoms with Gasteiger partial charge in [-0.3, -0.25) is 0 Å². The number of nitrogens with zero attached hydrogens (tertiary/aromatic N) is 2. The molecule has 1 rings (SSSR count). The molecule has 1 aromatic heterocycles. The normalized spacial score (nSPS) is 9.91. The van der Waals surface area contributed by atoms with E-state index < -0.39 is 0 Å². The Bertz CT molecular complexity index is 189. The van der Waals surface area contributed by atoms with Gasteiger partial charge in [0.05, 0.1) is 0 Å². The summed E-state index contributed by atoms with van der Waals surface area (Å²) in [6, 6.07) is 0. The Morgan fingerprint density at radius 2 is 2.36 bits per heavy atom. The fourth-order valence-corrected chi connectivity index (χ4v) is 2.60. The molecule has 1 aromatic rings. The Hall–Kier alpha value is -0.401. The average molecular weight is 215 g/mol. The van der Waals surface area contributed by atoms with Crippen molar-refractivity contribution in [3.8, 4) is 0 Å². The van der Waals surface area contributed by atoms with Gasteiger partial charge in [0.1, 0.15) is 0 Å². The minimum atomic E-state index is 0.546. The Labute approximate surface area is 73.6 Å². The van der Waals surface area contributed by atoms with Crippen LogP contribution in [0.5, 0.6) is 0 Å². The van der Waals surface area contributed by atoms with E-state index in [1.807, 2.05) is 6.20 Å². The summed E-state index contributed by atoms with van der Waals surface area (Å²) < 4.78 is 1.17. The van der Waals surface area contributed by atoms with Gasteiger partial charge in [-0.15, -0.1) is 0 Å². The maximum atomic E-state index is 4.22. The van der Waals surface area contributed by atoms with Crippen molar-refractivity contribution in [1.29, 1.82) is 0 Å². The van der Waals surface area contributed by atoms with Gasteiger partial charge < -0.3 is 0 Å². The molecular formula is C8H12N2Se. The Kier molecular flexibility index (Phi) is 4.17. The molecule has 3 heteroatoms. The Balaban J connectivity index is 2.28. The predicted molar refractivity (Wildman–Crippen MR) is 47.1 cm³/mol. The number of hydrogen-bond acceptors (Lipinski definition) is 2. The van der Waals surface area contributed by atoms with Gasteiger partial charge >= 0.3 is 73.2 Å². The molecule has 0 atom stereocenters. The molecular weight excluding hydrogens is 203 g/mol. The maximum absolute atomic E-state index is 4.22. The van der Waals surface area contributed by atoms with Crippen molar-refractivity contribution in [2.24, 2.45) is 0 Å². The van der Waals surface area contributed by atoms with Gasteiger partial charge in [-0.05, 0) is 0 Å². The second-order valence-electron chi connectivity index (χ2n) is 2.25. The van der Waals surface area contributed by atoms with Crippen LogP contribution in [-0.4, -0.2) is 24.9 Å². The second kappa shape index (κ2) is 5.28. The first-order valence-electron chi connectivity index (χ1n) is 3.82. The molecule has 0 aliphatic carbocycles. The second-order valence-corrected chi connectivity index (χ2v) is 4.59. The summed E-state index contributed by atoms with van der Waals surface area (Å²) in [4.78, 5) is 8.23. The Morgan fingerprint density at radius 1 is 1.45 bits per heavy atom. The van der Waals surface area contributed by atoms with Crippen LogP contribution < -0.4 is 4.59 Å². The van der Waals surface area contributed by atoms with Crippen LogP contribution in [0.2, 0.25) is 5.32 Å². The summed E-state index contributed by atoms with van der Waals surface area (Å²) in [7, 11) is 0. The van der Waals surface area contributed by atoms with E-state index >= 15 is 0 Å². The first-order valence-corrected chi connectivity index (χ1v) is 5.89. The van der Waals surface area contributed by atoms with Gasteiger partial charge in [0.2, 0.25) is 0 Å². The van der Waals surface area contributed by atoms with Crippen LogP contribution in [-0.2, 0) is 0 Å². The van der Waals surface area contributed by atoms with Gasteiger partial charge in [-0.1, -0.05) is 0 Å². The van der Waals surface area contributed by atoms with E-state index in [0.717, 1.165) is 0 Å². The number of aromatic nitrogens is 2. The minimum absolute atomic E-state index is 0.546. The van der Waals surface area contributed by atoms with Crippen LogP contribution in [0.25, 0.3) is 0 Å². The summed E-state index contributed by atoms with van der Waals surface area (Å²) in [5.74, 6) is 0. The molecule has 0 saturated heterocycles. The molecule has 1 heterocycles. The molecule has 0 aromatic carbocycles. The summed E-state index contributed by atoms with van der Waals surface area (Å²) in [5, 5.41) is 1.29. The van der Waals surface area contributed by atoms with Crippen molar-refractivity contribution in [3.05, 3.63) is 18.6 Å². The van der Waals surface area contributed by atoms with Gasteiger partial charge in [0.15, 0.2) is 0 Å². The van der Waals surface area contributed by atoms with Crippen LogP contribution in [0.4, 0.5) is 0 Å². The monoisotopic (exact) mass is 216 g/mol. The molecule has 0 radical (unpaired) electrons. The summed E-state index contributed by atoms with van der Waals surface area (Å²) in [5.41, 5.74) is 0. The van der Waals surface area contributed by atoms with E-state index in [1.54, 1.807) is 12.4 Å². The van der Waals surface area contributed by atoms with E-state index in [-0.39, 0.29) is 0 Å². The number of unbranched alkanes of at least 4 members (excludes halogenated alkanes) is 1. The zero-order valence-corrected chi connectivity index (χ0v) is 8.37. The van der Waals surface area contributed by atoms with Gasteiger partial charge in [-0.2, -0.15) is 0 Å². The first kappa shape index (κ1) is 8.69. The molecule has 11 heavy (non-hydrogen) atoms. The van der Waals surface area contributed by atoms with Crippen molar-refractivity contribution in [1.82, 2.24) is 9.97 Å². The number of hydrogen-bond donors (Lipinski definition) is 0. The zero-order valence-electron chi connectivity index (χ0n) is 6.66. The number of rotatable bonds is 4. The topological polar surface area (TPSA) is 25.8 Å². The molecule has 2 nitrogen and oxygen atoms in total. The molecule has 0 bridgehead atoms. The van der Waals surface area contributed by atoms with Gasteiger partial charge in [0.25, 0.3) is 0 Å². The van der Waals surface area contributed by atoms with Crippen LogP contribution in [0.15, 0.2) is 18.6 Å². The van der Waals surface area contributed by atoms with Crippen molar-refractivity contribution in [2.45, 2.75) is 25.1 Å². The van der Waals surface area contributed by atoms with E-state index in [0.29, 0.717) is 15.0 Å². The summed E-state index contributed by atoms with van der Waals surface area (Å²) in [6.07, 6.45) is 7.96. The SMILES string of the molecule is CCCC[Se]c1cnccn1. The molecule has 0 aliphatic rings. The van der Waals surface area contributed by atoms with E-state index in [2.05, 4.69) is 16.9 Å². The van der Waals surface area contributed by atoms with Crippen LogP contribution in [0, 0.1) is 0 Å². The third-order valence-corrected chi connectivity index (χ3v) is 3.38. The summed E-state index contributed by atoms with van der Waals surface area (Å²) >= 11 is 0.546. The third-order valence-electron chi connectivity index (χ3n) is 1.29. The molecule has 0 unspecified atom stereocenters. The third kappa shape index (κ3) is 3.49. The molecule has 0 spiro atoms. The van der Waals surface area contributed by atoms with Crippen molar-refractivity contribution < 1.29 is 0 Å². The quantitative estimate of drug-likeness (QED) is 0.553. The zero-order chi connectivity index (χ0) is 7.94. The van der Waals surface area contributed by atoms with E-state index in [1.165, 1.54) is 22.8 Å². The molecule has 0 aliphatic heterocycles. The molecule has 60 valence electrons. The van der Waals surface area contributed by atoms with Crippen molar-refractivity contribution >= 4 is 19.5 Å². The fourth-order valence-electron chi connectivity index (χ4n) is 0.681. The van der Waals surface area contributed by atoms with Crippen LogP contribution >= 0.6 is 0 Å². The molecule has 0 saturated carbocycles. The first-order chi connectivity index (χ1) is 5.43. The van der Waals surface area contributed by atoms with Gasteiger partial charge in [-0.25, -0.2) is 0 Å². The van der Waals surface area contributed by atoms with Crippen molar-refractivity contribution in [2.75, 3.05) is 0 Å². The predicted octanol–water partition coefficient (Wildman–Crippen LogP) is 1.02. The van der Waals surface area contributed by atoms with Crippen molar-refractivity contribution in [3.63, 3.8) is 0 Å². The van der Waals surface area contributed by atoms with E-state index in [9.17, 15) is 0 Å². The van der Waals surface area contributed by atoms with Crippen LogP contribution in [0.1, 0.15) is 19.8 Å². The van der Waals surface area contributed by atoms with Gasteiger partial charge in [0, 0.05) is 0 Å². The average Bonchev–Trinajstić information content (AvgIpc) is 2.07.